The van der Waals surface area contributed by atoms with Crippen molar-refractivity contribution in [1.82, 2.24) is 0 Å². The number of nitrogens with zero attached hydrogens (tertiary/aromatic N) is 1. The molecular formula is C15H17BrN2O3. The van der Waals surface area contributed by atoms with Gasteiger partial charge in [0.2, 0.25) is 0 Å². The third-order valence-corrected chi connectivity index (χ3v) is 3.63. The molecule has 6 heteroatoms. The number of esters is 1. The van der Waals surface area contributed by atoms with Crippen molar-refractivity contribution >= 4 is 33.5 Å². The van der Waals surface area contributed by atoms with Crippen LogP contribution in [0.4, 0.5) is 0 Å². The standard InChI is InChI=1S/C15H17BrN2O3/c1-15(2,3)21-11(19)7-10-12-8(5-4-6-9(12)16)13(18-10)14(17)20/h4-6,10H,7H2,1-3H3,(H2,17,20). The van der Waals surface area contributed by atoms with Gasteiger partial charge in [-0.1, -0.05) is 28.1 Å². The van der Waals surface area contributed by atoms with Gasteiger partial charge in [0, 0.05) is 15.6 Å². The number of primary amides is 1. The number of aliphatic imine (C=N–C) groups is 1. The Morgan fingerprint density at radius 1 is 1.38 bits per heavy atom. The molecule has 5 nitrogen and oxygen atoms in total. The Hall–Kier alpha value is -1.69. The first-order chi connectivity index (χ1) is 9.69. The second kappa shape index (κ2) is 5.60. The minimum Gasteiger partial charge on any atom is -0.460 e. The molecular weight excluding hydrogens is 336 g/mol. The maximum Gasteiger partial charge on any atom is 0.308 e. The molecule has 0 aromatic heterocycles. The van der Waals surface area contributed by atoms with Crippen LogP contribution in [0.1, 0.15) is 44.4 Å². The van der Waals surface area contributed by atoms with Gasteiger partial charge in [0.25, 0.3) is 5.91 Å². The van der Waals surface area contributed by atoms with Crippen molar-refractivity contribution in [3.63, 3.8) is 0 Å². The zero-order valence-electron chi connectivity index (χ0n) is 12.1. The van der Waals surface area contributed by atoms with Crippen molar-refractivity contribution in [3.05, 3.63) is 33.8 Å². The van der Waals surface area contributed by atoms with Crippen LogP contribution in [0.2, 0.25) is 0 Å². The Balaban J connectivity index is 2.30. The number of fused-ring (bicyclic) bond motifs is 1. The van der Waals surface area contributed by atoms with Crippen LogP contribution >= 0.6 is 15.9 Å². The number of benzene rings is 1. The second-order valence-electron chi connectivity index (χ2n) is 5.85. The lowest BCUT2D eigenvalue weighted by molar-refractivity contribution is -0.155. The van der Waals surface area contributed by atoms with Crippen molar-refractivity contribution < 1.29 is 14.3 Å². The van der Waals surface area contributed by atoms with Gasteiger partial charge >= 0.3 is 5.97 Å². The minimum absolute atomic E-state index is 0.0731. The van der Waals surface area contributed by atoms with Gasteiger partial charge in [0.15, 0.2) is 0 Å². The highest BCUT2D eigenvalue weighted by Gasteiger charge is 2.32. The monoisotopic (exact) mass is 352 g/mol. The topological polar surface area (TPSA) is 81.8 Å². The van der Waals surface area contributed by atoms with E-state index in [1.54, 1.807) is 12.1 Å². The van der Waals surface area contributed by atoms with Crippen molar-refractivity contribution in [2.24, 2.45) is 10.7 Å². The summed E-state index contributed by atoms with van der Waals surface area (Å²) in [7, 11) is 0. The molecule has 21 heavy (non-hydrogen) atoms. The zero-order valence-corrected chi connectivity index (χ0v) is 13.7. The number of hydrogen-bond acceptors (Lipinski definition) is 4. The number of halogens is 1. The van der Waals surface area contributed by atoms with E-state index < -0.39 is 17.6 Å². The lowest BCUT2D eigenvalue weighted by Crippen LogP contribution is -2.24. The Labute approximate surface area is 131 Å². The molecule has 2 rings (SSSR count). The minimum atomic E-state index is -0.596. The second-order valence-corrected chi connectivity index (χ2v) is 6.70. The summed E-state index contributed by atoms with van der Waals surface area (Å²) in [5.41, 5.74) is 6.49. The van der Waals surface area contributed by atoms with Crippen molar-refractivity contribution in [2.75, 3.05) is 0 Å². The van der Waals surface area contributed by atoms with E-state index in [0.29, 0.717) is 5.56 Å². The highest BCUT2D eigenvalue weighted by molar-refractivity contribution is 9.10. The van der Waals surface area contributed by atoms with Gasteiger partial charge in [-0.05, 0) is 26.8 Å². The lowest BCUT2D eigenvalue weighted by Gasteiger charge is -2.20. The Kier molecular flexibility index (Phi) is 4.18. The third-order valence-electron chi connectivity index (χ3n) is 2.94. The fourth-order valence-electron chi connectivity index (χ4n) is 2.26. The first kappa shape index (κ1) is 15.7. The summed E-state index contributed by atoms with van der Waals surface area (Å²) in [4.78, 5) is 27.8. The quantitative estimate of drug-likeness (QED) is 0.848. The first-order valence-corrected chi connectivity index (χ1v) is 7.36. The molecule has 1 aromatic rings. The average Bonchev–Trinajstić information content (AvgIpc) is 2.67. The van der Waals surface area contributed by atoms with Crippen molar-refractivity contribution in [1.29, 1.82) is 0 Å². The molecule has 1 amide bonds. The molecule has 0 saturated heterocycles. The Bertz CT molecular complexity index is 632. The summed E-state index contributed by atoms with van der Waals surface area (Å²) in [6.07, 6.45) is 0.0731. The normalized spacial score (nSPS) is 17.1. The molecule has 0 bridgehead atoms. The van der Waals surface area contributed by atoms with Crippen LogP contribution in [0.15, 0.2) is 27.7 Å². The van der Waals surface area contributed by atoms with E-state index in [1.165, 1.54) is 0 Å². The molecule has 0 radical (unpaired) electrons. The molecule has 1 aliphatic heterocycles. The smallest absolute Gasteiger partial charge is 0.308 e. The maximum atomic E-state index is 12.0. The molecule has 1 unspecified atom stereocenters. The fourth-order valence-corrected chi connectivity index (χ4v) is 2.89. The van der Waals surface area contributed by atoms with E-state index in [-0.39, 0.29) is 18.1 Å². The van der Waals surface area contributed by atoms with E-state index in [9.17, 15) is 9.59 Å². The Morgan fingerprint density at radius 2 is 2.05 bits per heavy atom. The SMILES string of the molecule is CC(C)(C)OC(=O)CC1N=C(C(N)=O)c2cccc(Br)c21. The summed E-state index contributed by atoms with van der Waals surface area (Å²) in [6, 6.07) is 4.98. The highest BCUT2D eigenvalue weighted by atomic mass is 79.9. The predicted octanol–water partition coefficient (Wildman–Crippen LogP) is 2.51. The summed E-state index contributed by atoms with van der Waals surface area (Å²) in [6.45, 7) is 5.42. The first-order valence-electron chi connectivity index (χ1n) is 6.57. The number of ether oxygens (including phenoxy) is 1. The number of carbonyl (C=O) groups is 2. The number of carbonyl (C=O) groups excluding carboxylic acids is 2. The molecule has 0 spiro atoms. The van der Waals surface area contributed by atoms with Crippen molar-refractivity contribution in [3.8, 4) is 0 Å². The highest BCUT2D eigenvalue weighted by Crippen LogP contribution is 2.37. The molecule has 1 aromatic carbocycles. The maximum absolute atomic E-state index is 12.0. The molecule has 0 fully saturated rings. The van der Waals surface area contributed by atoms with Gasteiger partial charge in [-0.3, -0.25) is 14.6 Å². The molecule has 2 N–H and O–H groups in total. The number of nitrogens with two attached hydrogens (primary N) is 1. The number of amides is 1. The van der Waals surface area contributed by atoms with Gasteiger partial charge in [0.05, 0.1) is 12.5 Å². The molecule has 112 valence electrons. The summed E-state index contributed by atoms with van der Waals surface area (Å²) >= 11 is 3.44. The van der Waals surface area contributed by atoms with Gasteiger partial charge in [-0.2, -0.15) is 0 Å². The largest absolute Gasteiger partial charge is 0.460 e. The van der Waals surface area contributed by atoms with Crippen LogP contribution in [-0.2, 0) is 14.3 Å². The molecule has 0 saturated carbocycles. The van der Waals surface area contributed by atoms with E-state index in [2.05, 4.69) is 20.9 Å². The molecule has 1 heterocycles. The van der Waals surface area contributed by atoms with E-state index in [0.717, 1.165) is 10.0 Å². The van der Waals surface area contributed by atoms with Gasteiger partial charge in [-0.25, -0.2) is 0 Å². The Morgan fingerprint density at radius 3 is 2.62 bits per heavy atom. The van der Waals surface area contributed by atoms with Gasteiger partial charge < -0.3 is 10.5 Å². The van der Waals surface area contributed by atoms with Crippen molar-refractivity contribution in [2.45, 2.75) is 38.8 Å². The molecule has 1 atom stereocenters. The summed E-state index contributed by atoms with van der Waals surface area (Å²) < 4.78 is 6.11. The zero-order chi connectivity index (χ0) is 15.8. The van der Waals surface area contributed by atoms with Crippen LogP contribution in [-0.4, -0.2) is 23.2 Å². The lowest BCUT2D eigenvalue weighted by atomic mass is 9.99. The van der Waals surface area contributed by atoms with Gasteiger partial charge in [-0.15, -0.1) is 0 Å². The van der Waals surface area contributed by atoms with Crippen LogP contribution < -0.4 is 5.73 Å². The van der Waals surface area contributed by atoms with Crippen LogP contribution in [0, 0.1) is 0 Å². The third kappa shape index (κ3) is 3.50. The molecule has 1 aliphatic rings. The van der Waals surface area contributed by atoms with E-state index >= 15 is 0 Å². The number of rotatable bonds is 3. The fraction of sp³-hybridized carbons (Fsp3) is 0.400. The van der Waals surface area contributed by atoms with Crippen LogP contribution in [0.3, 0.4) is 0 Å². The van der Waals surface area contributed by atoms with Crippen LogP contribution in [0.5, 0.6) is 0 Å². The summed E-state index contributed by atoms with van der Waals surface area (Å²) in [5.74, 6) is -0.954. The number of hydrogen-bond donors (Lipinski definition) is 1. The van der Waals surface area contributed by atoms with E-state index in [4.69, 9.17) is 10.5 Å². The molecule has 0 aliphatic carbocycles. The predicted molar refractivity (Wildman–Crippen MR) is 83.1 cm³/mol. The van der Waals surface area contributed by atoms with Crippen LogP contribution in [0.25, 0.3) is 0 Å². The summed E-state index contributed by atoms with van der Waals surface area (Å²) in [5, 5.41) is 0. The average molecular weight is 353 g/mol. The van der Waals surface area contributed by atoms with E-state index in [1.807, 2.05) is 26.8 Å². The van der Waals surface area contributed by atoms with Gasteiger partial charge in [0.1, 0.15) is 11.3 Å².